The lowest BCUT2D eigenvalue weighted by molar-refractivity contribution is -0.193. The second-order valence-electron chi connectivity index (χ2n) is 3.38. The molecule has 2 atom stereocenters. The van der Waals surface area contributed by atoms with Crippen molar-refractivity contribution in [1.82, 2.24) is 0 Å². The molecule has 0 radical (unpaired) electrons. The Labute approximate surface area is 77.1 Å². The Balaban J connectivity index is 1.79. The fourth-order valence-electron chi connectivity index (χ4n) is 1.60. The molecule has 0 aliphatic carbocycles. The van der Waals surface area contributed by atoms with E-state index in [0.717, 1.165) is 25.9 Å². The third-order valence-corrected chi connectivity index (χ3v) is 2.34. The Kier molecular flexibility index (Phi) is 2.80. The SMILES string of the molecule is O=C1OCC[C@H]1OC1CCCCO1. The molecule has 2 saturated heterocycles. The standard InChI is InChI=1S/C9H14O4/c10-9-7(4-6-12-9)13-8-3-1-2-5-11-8/h7-8H,1-6H2/t7-,8?/m1/s1. The van der Waals surface area contributed by atoms with E-state index >= 15 is 0 Å². The smallest absolute Gasteiger partial charge is 0.335 e. The van der Waals surface area contributed by atoms with Gasteiger partial charge in [0.2, 0.25) is 0 Å². The number of carbonyl (C=O) groups excluding carboxylic acids is 1. The van der Waals surface area contributed by atoms with Gasteiger partial charge in [-0.05, 0) is 19.3 Å². The van der Waals surface area contributed by atoms with Crippen molar-refractivity contribution in [1.29, 1.82) is 0 Å². The van der Waals surface area contributed by atoms with Crippen LogP contribution in [0.2, 0.25) is 0 Å². The van der Waals surface area contributed by atoms with Crippen LogP contribution >= 0.6 is 0 Å². The predicted molar refractivity (Wildman–Crippen MR) is 44.0 cm³/mol. The van der Waals surface area contributed by atoms with Crippen LogP contribution in [0.15, 0.2) is 0 Å². The highest BCUT2D eigenvalue weighted by atomic mass is 16.7. The molecular weight excluding hydrogens is 172 g/mol. The van der Waals surface area contributed by atoms with E-state index in [2.05, 4.69) is 0 Å². The van der Waals surface area contributed by atoms with Crippen molar-refractivity contribution in [3.63, 3.8) is 0 Å². The number of rotatable bonds is 2. The molecule has 2 heterocycles. The molecule has 4 nitrogen and oxygen atoms in total. The summed E-state index contributed by atoms with van der Waals surface area (Å²) in [7, 11) is 0. The van der Waals surface area contributed by atoms with Gasteiger partial charge < -0.3 is 14.2 Å². The number of esters is 1. The van der Waals surface area contributed by atoms with Crippen LogP contribution in [-0.2, 0) is 19.0 Å². The van der Waals surface area contributed by atoms with Crippen molar-refractivity contribution in [2.75, 3.05) is 13.2 Å². The summed E-state index contributed by atoms with van der Waals surface area (Å²) < 4.78 is 15.6. The van der Waals surface area contributed by atoms with Crippen molar-refractivity contribution < 1.29 is 19.0 Å². The van der Waals surface area contributed by atoms with Crippen molar-refractivity contribution >= 4 is 5.97 Å². The maximum absolute atomic E-state index is 11.0. The third-order valence-electron chi connectivity index (χ3n) is 2.34. The number of hydrogen-bond acceptors (Lipinski definition) is 4. The zero-order chi connectivity index (χ0) is 9.10. The molecule has 0 aromatic heterocycles. The molecule has 74 valence electrons. The van der Waals surface area contributed by atoms with Crippen LogP contribution in [-0.4, -0.2) is 31.6 Å². The quantitative estimate of drug-likeness (QED) is 0.599. The molecule has 2 aliphatic rings. The second kappa shape index (κ2) is 4.07. The Morgan fingerprint density at radius 3 is 2.77 bits per heavy atom. The summed E-state index contributed by atoms with van der Waals surface area (Å²) in [5.41, 5.74) is 0. The minimum Gasteiger partial charge on any atom is -0.464 e. The van der Waals surface area contributed by atoms with Crippen molar-refractivity contribution in [2.24, 2.45) is 0 Å². The Hall–Kier alpha value is -0.610. The maximum Gasteiger partial charge on any atom is 0.335 e. The molecule has 2 rings (SSSR count). The van der Waals surface area contributed by atoms with Crippen LogP contribution in [0.25, 0.3) is 0 Å². The summed E-state index contributed by atoms with van der Waals surface area (Å²) in [5, 5.41) is 0. The van der Waals surface area contributed by atoms with E-state index in [1.165, 1.54) is 0 Å². The largest absolute Gasteiger partial charge is 0.464 e. The highest BCUT2D eigenvalue weighted by Crippen LogP contribution is 2.19. The molecule has 0 N–H and O–H groups in total. The lowest BCUT2D eigenvalue weighted by atomic mass is 10.2. The normalized spacial score (nSPS) is 34.6. The summed E-state index contributed by atoms with van der Waals surface area (Å²) in [6.45, 7) is 1.22. The highest BCUT2D eigenvalue weighted by molar-refractivity contribution is 5.76. The van der Waals surface area contributed by atoms with Crippen molar-refractivity contribution in [3.8, 4) is 0 Å². The molecule has 2 aliphatic heterocycles. The van der Waals surface area contributed by atoms with Gasteiger partial charge in [-0.1, -0.05) is 0 Å². The van der Waals surface area contributed by atoms with Crippen LogP contribution in [0.3, 0.4) is 0 Å². The van der Waals surface area contributed by atoms with E-state index in [1.54, 1.807) is 0 Å². The molecule has 0 amide bonds. The predicted octanol–water partition coefficient (Wildman–Crippen LogP) is 0.845. The summed E-state index contributed by atoms with van der Waals surface area (Å²) in [6.07, 6.45) is 3.19. The molecule has 0 saturated carbocycles. The zero-order valence-electron chi connectivity index (χ0n) is 7.53. The van der Waals surface area contributed by atoms with Gasteiger partial charge in [0.1, 0.15) is 0 Å². The summed E-state index contributed by atoms with van der Waals surface area (Å²) in [6, 6.07) is 0. The Morgan fingerprint density at radius 1 is 1.23 bits per heavy atom. The van der Waals surface area contributed by atoms with Crippen LogP contribution in [0.4, 0.5) is 0 Å². The first-order valence-corrected chi connectivity index (χ1v) is 4.80. The van der Waals surface area contributed by atoms with Crippen LogP contribution in [0.1, 0.15) is 25.7 Å². The fraction of sp³-hybridized carbons (Fsp3) is 0.889. The van der Waals surface area contributed by atoms with Gasteiger partial charge in [0.05, 0.1) is 6.61 Å². The van der Waals surface area contributed by atoms with Crippen molar-refractivity contribution in [3.05, 3.63) is 0 Å². The number of carbonyl (C=O) groups is 1. The summed E-state index contributed by atoms with van der Waals surface area (Å²) in [5.74, 6) is -0.242. The van der Waals surface area contributed by atoms with Gasteiger partial charge in [0.15, 0.2) is 12.4 Å². The molecule has 1 unspecified atom stereocenters. The molecule has 2 fully saturated rings. The van der Waals surface area contributed by atoms with Gasteiger partial charge in [-0.3, -0.25) is 0 Å². The van der Waals surface area contributed by atoms with E-state index in [0.29, 0.717) is 13.0 Å². The van der Waals surface area contributed by atoms with Crippen molar-refractivity contribution in [2.45, 2.75) is 38.1 Å². The maximum atomic E-state index is 11.0. The lowest BCUT2D eigenvalue weighted by Gasteiger charge is -2.24. The van der Waals surface area contributed by atoms with E-state index in [-0.39, 0.29) is 18.4 Å². The third kappa shape index (κ3) is 2.19. The molecule has 0 bridgehead atoms. The molecule has 0 aromatic carbocycles. The highest BCUT2D eigenvalue weighted by Gasteiger charge is 2.30. The molecule has 13 heavy (non-hydrogen) atoms. The van der Waals surface area contributed by atoms with Crippen LogP contribution < -0.4 is 0 Å². The van der Waals surface area contributed by atoms with Gasteiger partial charge in [-0.2, -0.15) is 0 Å². The van der Waals surface area contributed by atoms with Gasteiger partial charge in [-0.15, -0.1) is 0 Å². The first kappa shape index (κ1) is 8.97. The van der Waals surface area contributed by atoms with E-state index in [1.807, 2.05) is 0 Å². The van der Waals surface area contributed by atoms with E-state index in [9.17, 15) is 4.79 Å². The first-order valence-electron chi connectivity index (χ1n) is 4.80. The monoisotopic (exact) mass is 186 g/mol. The first-order chi connectivity index (χ1) is 6.36. The van der Waals surface area contributed by atoms with E-state index < -0.39 is 0 Å². The molecule has 0 spiro atoms. The Morgan fingerprint density at radius 2 is 2.15 bits per heavy atom. The van der Waals surface area contributed by atoms with Gasteiger partial charge in [0.25, 0.3) is 0 Å². The van der Waals surface area contributed by atoms with Gasteiger partial charge >= 0.3 is 5.97 Å². The summed E-state index contributed by atoms with van der Waals surface area (Å²) in [4.78, 5) is 11.0. The van der Waals surface area contributed by atoms with Gasteiger partial charge in [-0.25, -0.2) is 4.79 Å². The molecule has 0 aromatic rings. The van der Waals surface area contributed by atoms with Crippen LogP contribution in [0.5, 0.6) is 0 Å². The Bertz CT molecular complexity index is 186. The minimum absolute atomic E-state index is 0.190. The average Bonchev–Trinajstić information content (AvgIpc) is 2.54. The fourth-order valence-corrected chi connectivity index (χ4v) is 1.60. The van der Waals surface area contributed by atoms with Crippen LogP contribution in [0, 0.1) is 0 Å². The zero-order valence-corrected chi connectivity index (χ0v) is 7.53. The number of hydrogen-bond donors (Lipinski definition) is 0. The molecule has 4 heteroatoms. The van der Waals surface area contributed by atoms with Gasteiger partial charge in [0, 0.05) is 13.0 Å². The minimum atomic E-state index is -0.386. The molecular formula is C9H14O4. The second-order valence-corrected chi connectivity index (χ2v) is 3.38. The van der Waals surface area contributed by atoms with E-state index in [4.69, 9.17) is 14.2 Å². The number of ether oxygens (including phenoxy) is 3. The topological polar surface area (TPSA) is 44.8 Å². The summed E-state index contributed by atoms with van der Waals surface area (Å²) >= 11 is 0. The number of cyclic esters (lactones) is 1. The average molecular weight is 186 g/mol. The lowest BCUT2D eigenvalue weighted by Crippen LogP contribution is -2.30.